The Morgan fingerprint density at radius 1 is 0.897 bits per heavy atom. The summed E-state index contributed by atoms with van der Waals surface area (Å²) in [6.07, 6.45) is 1.19. The molecule has 2 aromatic rings. The van der Waals surface area contributed by atoms with Crippen molar-refractivity contribution in [1.82, 2.24) is 0 Å². The van der Waals surface area contributed by atoms with Gasteiger partial charge in [-0.1, -0.05) is 12.1 Å². The van der Waals surface area contributed by atoms with E-state index in [1.807, 2.05) is 24.3 Å². The van der Waals surface area contributed by atoms with Crippen LogP contribution in [-0.4, -0.2) is 47.6 Å². The average Bonchev–Trinajstić information content (AvgIpc) is 2.78. The number of amides is 1. The van der Waals surface area contributed by atoms with E-state index in [9.17, 15) is 4.79 Å². The monoisotopic (exact) mass is 401 g/mol. The van der Waals surface area contributed by atoms with Crippen LogP contribution in [0.1, 0.15) is 18.4 Å². The molecule has 1 N–H and O–H groups in total. The summed E-state index contributed by atoms with van der Waals surface area (Å²) in [5.74, 6) is 2.09. The number of anilines is 1. The maximum Gasteiger partial charge on any atom is 0.235 e. The maximum atomic E-state index is 13.5. The summed E-state index contributed by atoms with van der Waals surface area (Å²) in [6, 6.07) is 11.1. The van der Waals surface area contributed by atoms with Crippen LogP contribution < -0.4 is 24.3 Å². The normalized spacial score (nSPS) is 15.3. The fourth-order valence-electron chi connectivity index (χ4n) is 3.68. The first-order chi connectivity index (χ1) is 14.1. The molecule has 1 fully saturated rings. The Morgan fingerprint density at radius 3 is 1.97 bits per heavy atom. The molecule has 7 heteroatoms. The van der Waals surface area contributed by atoms with Gasteiger partial charge in [0.1, 0.15) is 5.75 Å². The predicted molar refractivity (Wildman–Crippen MR) is 109 cm³/mol. The second kappa shape index (κ2) is 9.05. The van der Waals surface area contributed by atoms with Crippen LogP contribution in [0, 0.1) is 0 Å². The fourth-order valence-corrected chi connectivity index (χ4v) is 3.68. The van der Waals surface area contributed by atoms with Crippen molar-refractivity contribution >= 4 is 11.6 Å². The summed E-state index contributed by atoms with van der Waals surface area (Å²) in [4.78, 5) is 13.5. The lowest BCUT2D eigenvalue weighted by Crippen LogP contribution is -2.44. The molecular formula is C22H27NO6. The SMILES string of the molecule is COc1ccc(C2(C(=O)Nc3cc(OC)c(OC)c(OC)c3)CCOCC2)cc1. The van der Waals surface area contributed by atoms with Crippen LogP contribution in [0.5, 0.6) is 23.0 Å². The molecule has 1 heterocycles. The lowest BCUT2D eigenvalue weighted by atomic mass is 9.73. The fraction of sp³-hybridized carbons (Fsp3) is 0.409. The first kappa shape index (κ1) is 20.8. The zero-order chi connectivity index (χ0) is 20.9. The van der Waals surface area contributed by atoms with Gasteiger partial charge in [0.15, 0.2) is 11.5 Å². The van der Waals surface area contributed by atoms with Gasteiger partial charge in [0.05, 0.1) is 33.9 Å². The van der Waals surface area contributed by atoms with Gasteiger partial charge in [-0.25, -0.2) is 0 Å². The first-order valence-corrected chi connectivity index (χ1v) is 9.41. The molecule has 0 unspecified atom stereocenters. The van der Waals surface area contributed by atoms with Gasteiger partial charge in [-0.2, -0.15) is 0 Å². The summed E-state index contributed by atoms with van der Waals surface area (Å²) in [5.41, 5.74) is 0.820. The molecule has 7 nitrogen and oxygen atoms in total. The maximum absolute atomic E-state index is 13.5. The molecule has 0 bridgehead atoms. The Kier molecular flexibility index (Phi) is 6.49. The number of benzene rings is 2. The Balaban J connectivity index is 1.95. The van der Waals surface area contributed by atoms with Crippen molar-refractivity contribution in [1.29, 1.82) is 0 Å². The molecule has 0 spiro atoms. The molecule has 1 aliphatic heterocycles. The Labute approximate surface area is 170 Å². The number of methoxy groups -OCH3 is 4. The summed E-state index contributed by atoms with van der Waals surface area (Å²) >= 11 is 0. The van der Waals surface area contributed by atoms with Crippen LogP contribution in [0.15, 0.2) is 36.4 Å². The molecule has 29 heavy (non-hydrogen) atoms. The highest BCUT2D eigenvalue weighted by Crippen LogP contribution is 2.41. The standard InChI is InChI=1S/C22H27NO6/c1-25-17-7-5-15(6-8-17)22(9-11-29-12-10-22)21(24)23-16-13-18(26-2)20(28-4)19(14-16)27-3/h5-8,13-14H,9-12H2,1-4H3,(H,23,24). The van der Waals surface area contributed by atoms with Crippen molar-refractivity contribution in [2.45, 2.75) is 18.3 Å². The molecule has 0 aliphatic carbocycles. The summed E-state index contributed by atoms with van der Waals surface area (Å²) in [5, 5.41) is 3.04. The van der Waals surface area contributed by atoms with E-state index in [0.29, 0.717) is 49.0 Å². The van der Waals surface area contributed by atoms with E-state index < -0.39 is 5.41 Å². The van der Waals surface area contributed by atoms with Crippen molar-refractivity contribution in [3.63, 3.8) is 0 Å². The third-order valence-corrected chi connectivity index (χ3v) is 5.35. The van der Waals surface area contributed by atoms with E-state index in [-0.39, 0.29) is 5.91 Å². The second-order valence-corrected chi connectivity index (χ2v) is 6.79. The first-order valence-electron chi connectivity index (χ1n) is 9.41. The molecule has 2 aromatic carbocycles. The van der Waals surface area contributed by atoms with Gasteiger partial charge in [0.25, 0.3) is 0 Å². The predicted octanol–water partition coefficient (Wildman–Crippen LogP) is 3.41. The summed E-state index contributed by atoms with van der Waals surface area (Å²) in [7, 11) is 6.25. The molecule has 1 saturated heterocycles. The summed E-state index contributed by atoms with van der Waals surface area (Å²) < 4.78 is 26.9. The van der Waals surface area contributed by atoms with Gasteiger partial charge >= 0.3 is 0 Å². The minimum Gasteiger partial charge on any atom is -0.497 e. The number of ether oxygens (including phenoxy) is 5. The average molecular weight is 401 g/mol. The van der Waals surface area contributed by atoms with Crippen LogP contribution in [0.3, 0.4) is 0 Å². The topological polar surface area (TPSA) is 75.3 Å². The van der Waals surface area contributed by atoms with E-state index in [1.54, 1.807) is 40.6 Å². The van der Waals surface area contributed by atoms with Crippen molar-refractivity contribution < 1.29 is 28.5 Å². The van der Waals surface area contributed by atoms with Gasteiger partial charge in [0.2, 0.25) is 11.7 Å². The van der Waals surface area contributed by atoms with E-state index in [1.165, 1.54) is 0 Å². The van der Waals surface area contributed by atoms with Crippen molar-refractivity contribution in [2.24, 2.45) is 0 Å². The third kappa shape index (κ3) is 4.10. The number of carbonyl (C=O) groups is 1. The van der Waals surface area contributed by atoms with E-state index in [0.717, 1.165) is 11.3 Å². The molecule has 0 atom stereocenters. The summed E-state index contributed by atoms with van der Waals surface area (Å²) in [6.45, 7) is 1.05. The highest BCUT2D eigenvalue weighted by molar-refractivity contribution is 5.99. The van der Waals surface area contributed by atoms with Crippen molar-refractivity contribution in [3.8, 4) is 23.0 Å². The number of carbonyl (C=O) groups excluding carboxylic acids is 1. The van der Waals surface area contributed by atoms with E-state index in [2.05, 4.69) is 5.32 Å². The number of nitrogens with one attached hydrogen (secondary N) is 1. The second-order valence-electron chi connectivity index (χ2n) is 6.79. The minimum absolute atomic E-state index is 0.0970. The molecule has 3 rings (SSSR count). The van der Waals surface area contributed by atoms with Gasteiger partial charge in [-0.05, 0) is 30.5 Å². The molecule has 1 amide bonds. The van der Waals surface area contributed by atoms with Crippen LogP contribution in [-0.2, 0) is 14.9 Å². The highest BCUT2D eigenvalue weighted by Gasteiger charge is 2.42. The number of rotatable bonds is 7. The van der Waals surface area contributed by atoms with Crippen molar-refractivity contribution in [3.05, 3.63) is 42.0 Å². The lowest BCUT2D eigenvalue weighted by molar-refractivity contribution is -0.125. The van der Waals surface area contributed by atoms with Gasteiger partial charge < -0.3 is 29.0 Å². The molecular weight excluding hydrogens is 374 g/mol. The molecule has 0 saturated carbocycles. The Hall–Kier alpha value is -2.93. The van der Waals surface area contributed by atoms with Gasteiger partial charge in [-0.3, -0.25) is 4.79 Å². The molecule has 0 radical (unpaired) electrons. The molecule has 1 aliphatic rings. The minimum atomic E-state index is -0.690. The zero-order valence-electron chi connectivity index (χ0n) is 17.2. The largest absolute Gasteiger partial charge is 0.497 e. The van der Waals surface area contributed by atoms with E-state index >= 15 is 0 Å². The van der Waals surface area contributed by atoms with Crippen LogP contribution in [0.4, 0.5) is 5.69 Å². The Bertz CT molecular complexity index is 818. The van der Waals surface area contributed by atoms with Gasteiger partial charge in [0, 0.05) is 31.0 Å². The third-order valence-electron chi connectivity index (χ3n) is 5.35. The van der Waals surface area contributed by atoms with E-state index in [4.69, 9.17) is 23.7 Å². The smallest absolute Gasteiger partial charge is 0.235 e. The number of hydrogen-bond acceptors (Lipinski definition) is 6. The van der Waals surface area contributed by atoms with Crippen LogP contribution in [0.25, 0.3) is 0 Å². The van der Waals surface area contributed by atoms with Crippen LogP contribution >= 0.6 is 0 Å². The van der Waals surface area contributed by atoms with Crippen molar-refractivity contribution in [2.75, 3.05) is 47.0 Å². The van der Waals surface area contributed by atoms with Gasteiger partial charge in [-0.15, -0.1) is 0 Å². The molecule has 0 aromatic heterocycles. The molecule has 156 valence electrons. The highest BCUT2D eigenvalue weighted by atomic mass is 16.5. The van der Waals surface area contributed by atoms with Crippen LogP contribution in [0.2, 0.25) is 0 Å². The lowest BCUT2D eigenvalue weighted by Gasteiger charge is -2.36. The Morgan fingerprint density at radius 2 is 1.48 bits per heavy atom. The zero-order valence-corrected chi connectivity index (χ0v) is 17.2. The quantitative estimate of drug-likeness (QED) is 0.766. The number of hydrogen-bond donors (Lipinski definition) is 1.